The van der Waals surface area contributed by atoms with Gasteiger partial charge in [-0.2, -0.15) is 11.8 Å². The lowest BCUT2D eigenvalue weighted by Gasteiger charge is -2.33. The highest BCUT2D eigenvalue weighted by Crippen LogP contribution is 2.27. The first kappa shape index (κ1) is 12.2. The zero-order valence-corrected chi connectivity index (χ0v) is 11.0. The van der Waals surface area contributed by atoms with Crippen LogP contribution in [0.1, 0.15) is 19.3 Å². The second-order valence-corrected chi connectivity index (χ2v) is 6.21. The number of likely N-dealkylation sites (tertiary alicyclic amines) is 1. The zero-order valence-electron chi connectivity index (χ0n) is 9.35. The number of nitrogens with two attached hydrogens (primary N) is 1. The van der Waals surface area contributed by atoms with Gasteiger partial charge in [0.1, 0.15) is 0 Å². The smallest absolute Gasteiger partial charge is 0.226 e. The van der Waals surface area contributed by atoms with E-state index in [1.165, 1.54) is 0 Å². The van der Waals surface area contributed by atoms with Gasteiger partial charge in [0, 0.05) is 30.7 Å². The van der Waals surface area contributed by atoms with Crippen molar-refractivity contribution in [2.75, 3.05) is 24.6 Å². The fourth-order valence-corrected chi connectivity index (χ4v) is 3.80. The third-order valence-electron chi connectivity index (χ3n) is 3.41. The lowest BCUT2D eigenvalue weighted by Crippen LogP contribution is -2.45. The van der Waals surface area contributed by atoms with Gasteiger partial charge in [-0.3, -0.25) is 4.79 Å². The molecular formula is C11H18N2OS2. The third-order valence-corrected chi connectivity index (χ3v) is 4.91. The summed E-state index contributed by atoms with van der Waals surface area (Å²) in [5, 5.41) is 0. The molecule has 2 aliphatic heterocycles. The molecule has 90 valence electrons. The maximum absolute atomic E-state index is 12.2. The minimum Gasteiger partial charge on any atom is -0.393 e. The van der Waals surface area contributed by atoms with Crippen LogP contribution in [0.3, 0.4) is 0 Å². The Labute approximate surface area is 106 Å². The van der Waals surface area contributed by atoms with Gasteiger partial charge >= 0.3 is 0 Å². The Balaban J connectivity index is 1.93. The normalized spacial score (nSPS) is 30.4. The van der Waals surface area contributed by atoms with Crippen LogP contribution < -0.4 is 5.73 Å². The van der Waals surface area contributed by atoms with E-state index in [0.717, 1.165) is 43.9 Å². The molecule has 0 radical (unpaired) electrons. The SMILES string of the molecule is NC(=S)C1CCCN(C(=O)C2CCSC2)C1. The van der Waals surface area contributed by atoms with Gasteiger partial charge in [0.2, 0.25) is 5.91 Å². The maximum atomic E-state index is 12.2. The first-order chi connectivity index (χ1) is 7.68. The van der Waals surface area contributed by atoms with Crippen molar-refractivity contribution in [3.63, 3.8) is 0 Å². The van der Waals surface area contributed by atoms with Crippen LogP contribution in [0.25, 0.3) is 0 Å². The minimum absolute atomic E-state index is 0.238. The Morgan fingerprint density at radius 1 is 1.38 bits per heavy atom. The molecule has 2 atom stereocenters. The molecule has 5 heteroatoms. The number of rotatable bonds is 2. The summed E-state index contributed by atoms with van der Waals surface area (Å²) in [7, 11) is 0. The quantitative estimate of drug-likeness (QED) is 0.758. The number of thioether (sulfide) groups is 1. The lowest BCUT2D eigenvalue weighted by molar-refractivity contribution is -0.136. The van der Waals surface area contributed by atoms with Gasteiger partial charge in [-0.15, -0.1) is 0 Å². The molecule has 16 heavy (non-hydrogen) atoms. The number of thiocarbonyl (C=S) groups is 1. The van der Waals surface area contributed by atoms with Gasteiger partial charge in [0.05, 0.1) is 4.99 Å². The highest BCUT2D eigenvalue weighted by Gasteiger charge is 2.31. The zero-order chi connectivity index (χ0) is 11.5. The molecule has 0 saturated carbocycles. The summed E-state index contributed by atoms with van der Waals surface area (Å²) >= 11 is 6.91. The maximum Gasteiger partial charge on any atom is 0.226 e. The first-order valence-corrected chi connectivity index (χ1v) is 7.40. The summed E-state index contributed by atoms with van der Waals surface area (Å²) in [6.45, 7) is 1.63. The summed E-state index contributed by atoms with van der Waals surface area (Å²) < 4.78 is 0. The molecule has 0 aromatic rings. The van der Waals surface area contributed by atoms with Crippen molar-refractivity contribution in [1.82, 2.24) is 4.90 Å². The summed E-state index contributed by atoms with van der Waals surface area (Å²) in [4.78, 5) is 14.7. The van der Waals surface area contributed by atoms with E-state index in [1.807, 2.05) is 16.7 Å². The van der Waals surface area contributed by atoms with Gasteiger partial charge in [-0.05, 0) is 25.0 Å². The molecule has 2 unspecified atom stereocenters. The monoisotopic (exact) mass is 258 g/mol. The Morgan fingerprint density at radius 3 is 2.81 bits per heavy atom. The third kappa shape index (κ3) is 2.69. The number of nitrogens with zero attached hydrogens (tertiary/aromatic N) is 1. The molecule has 2 N–H and O–H groups in total. The van der Waals surface area contributed by atoms with E-state index < -0.39 is 0 Å². The van der Waals surface area contributed by atoms with Crippen molar-refractivity contribution < 1.29 is 4.79 Å². The number of hydrogen-bond acceptors (Lipinski definition) is 3. The van der Waals surface area contributed by atoms with E-state index in [2.05, 4.69) is 0 Å². The topological polar surface area (TPSA) is 46.3 Å². The molecule has 3 nitrogen and oxygen atoms in total. The van der Waals surface area contributed by atoms with Gasteiger partial charge in [0.15, 0.2) is 0 Å². The Morgan fingerprint density at radius 2 is 2.19 bits per heavy atom. The number of carbonyl (C=O) groups is 1. The predicted molar refractivity (Wildman–Crippen MR) is 71.5 cm³/mol. The van der Waals surface area contributed by atoms with Crippen molar-refractivity contribution in [2.24, 2.45) is 17.6 Å². The van der Waals surface area contributed by atoms with Crippen LogP contribution in [-0.4, -0.2) is 40.4 Å². The molecule has 2 saturated heterocycles. The number of hydrogen-bond donors (Lipinski definition) is 1. The van der Waals surface area contributed by atoms with Crippen LogP contribution in [0.2, 0.25) is 0 Å². The first-order valence-electron chi connectivity index (χ1n) is 5.84. The fraction of sp³-hybridized carbons (Fsp3) is 0.818. The summed E-state index contributed by atoms with van der Waals surface area (Å²) in [5.41, 5.74) is 5.67. The second kappa shape index (κ2) is 5.36. The molecular weight excluding hydrogens is 240 g/mol. The van der Waals surface area contributed by atoms with Crippen molar-refractivity contribution >= 4 is 34.9 Å². The molecule has 2 fully saturated rings. The van der Waals surface area contributed by atoms with Crippen molar-refractivity contribution in [3.05, 3.63) is 0 Å². The number of piperidine rings is 1. The van der Waals surface area contributed by atoms with E-state index in [1.54, 1.807) is 0 Å². The molecule has 0 aliphatic carbocycles. The van der Waals surface area contributed by atoms with Crippen LogP contribution >= 0.6 is 24.0 Å². The molecule has 0 aromatic carbocycles. The summed E-state index contributed by atoms with van der Waals surface area (Å²) in [6.07, 6.45) is 3.11. The van der Waals surface area contributed by atoms with Crippen LogP contribution in [0.15, 0.2) is 0 Å². The minimum atomic E-state index is 0.238. The Hall–Kier alpha value is -0.290. The van der Waals surface area contributed by atoms with Crippen LogP contribution in [0, 0.1) is 11.8 Å². The Bertz CT molecular complexity index is 290. The summed E-state index contributed by atoms with van der Waals surface area (Å²) in [5.74, 6) is 2.93. The predicted octanol–water partition coefficient (Wildman–Crippen LogP) is 1.26. The lowest BCUT2D eigenvalue weighted by atomic mass is 9.96. The van der Waals surface area contributed by atoms with Gasteiger partial charge in [0.25, 0.3) is 0 Å². The average Bonchev–Trinajstić information content (AvgIpc) is 2.81. The highest BCUT2D eigenvalue weighted by molar-refractivity contribution is 7.99. The standard InChI is InChI=1S/C11H18N2OS2/c12-10(15)8-2-1-4-13(6-8)11(14)9-3-5-16-7-9/h8-9H,1-7H2,(H2,12,15). The van der Waals surface area contributed by atoms with E-state index in [-0.39, 0.29) is 11.8 Å². The van der Waals surface area contributed by atoms with E-state index in [9.17, 15) is 4.79 Å². The van der Waals surface area contributed by atoms with E-state index in [0.29, 0.717) is 10.9 Å². The van der Waals surface area contributed by atoms with Crippen molar-refractivity contribution in [3.8, 4) is 0 Å². The van der Waals surface area contributed by atoms with Gasteiger partial charge in [-0.1, -0.05) is 12.2 Å². The van der Waals surface area contributed by atoms with E-state index >= 15 is 0 Å². The molecule has 1 amide bonds. The van der Waals surface area contributed by atoms with Crippen molar-refractivity contribution in [2.45, 2.75) is 19.3 Å². The van der Waals surface area contributed by atoms with Crippen LogP contribution in [0.5, 0.6) is 0 Å². The number of amides is 1. The molecule has 0 bridgehead atoms. The van der Waals surface area contributed by atoms with Gasteiger partial charge < -0.3 is 10.6 Å². The van der Waals surface area contributed by atoms with Crippen molar-refractivity contribution in [1.29, 1.82) is 0 Å². The summed E-state index contributed by atoms with van der Waals surface area (Å²) in [6, 6.07) is 0. The van der Waals surface area contributed by atoms with E-state index in [4.69, 9.17) is 18.0 Å². The van der Waals surface area contributed by atoms with Crippen LogP contribution in [-0.2, 0) is 4.79 Å². The largest absolute Gasteiger partial charge is 0.393 e. The second-order valence-electron chi connectivity index (χ2n) is 4.59. The highest BCUT2D eigenvalue weighted by atomic mass is 32.2. The molecule has 0 aromatic heterocycles. The molecule has 2 heterocycles. The average molecular weight is 258 g/mol. The molecule has 2 rings (SSSR count). The van der Waals surface area contributed by atoms with Crippen LogP contribution in [0.4, 0.5) is 0 Å². The fourth-order valence-electron chi connectivity index (χ4n) is 2.40. The van der Waals surface area contributed by atoms with Gasteiger partial charge in [-0.25, -0.2) is 0 Å². The Kier molecular flexibility index (Phi) is 4.08. The number of carbonyl (C=O) groups excluding carboxylic acids is 1. The molecule has 2 aliphatic rings. The molecule has 0 spiro atoms.